The van der Waals surface area contributed by atoms with Crippen molar-refractivity contribution in [2.75, 3.05) is 12.3 Å². The summed E-state index contributed by atoms with van der Waals surface area (Å²) in [4.78, 5) is 0.327. The molecule has 0 saturated carbocycles. The van der Waals surface area contributed by atoms with Gasteiger partial charge in [-0.3, -0.25) is 0 Å². The van der Waals surface area contributed by atoms with Crippen LogP contribution in [0.4, 0.5) is 5.69 Å². The number of benzene rings is 1. The molecule has 1 unspecified atom stereocenters. The Hall–Kier alpha value is -1.07. The molecule has 1 aliphatic rings. The molecular weight excluding hydrogens is 260 g/mol. The molecule has 19 heavy (non-hydrogen) atoms. The molecular formula is C14H22N2O2S. The summed E-state index contributed by atoms with van der Waals surface area (Å²) in [5.41, 5.74) is 8.32. The zero-order chi connectivity index (χ0) is 14.2. The number of anilines is 1. The van der Waals surface area contributed by atoms with E-state index in [0.29, 0.717) is 17.1 Å². The topological polar surface area (TPSA) is 63.4 Å². The van der Waals surface area contributed by atoms with E-state index in [2.05, 4.69) is 0 Å². The minimum atomic E-state index is -3.41. The maximum atomic E-state index is 12.7. The van der Waals surface area contributed by atoms with Crippen molar-refractivity contribution in [3.8, 4) is 0 Å². The van der Waals surface area contributed by atoms with Crippen LogP contribution in [-0.4, -0.2) is 25.3 Å². The lowest BCUT2D eigenvalue weighted by Gasteiger charge is -2.23. The van der Waals surface area contributed by atoms with E-state index < -0.39 is 10.0 Å². The zero-order valence-corrected chi connectivity index (χ0v) is 12.6. The first-order valence-electron chi connectivity index (χ1n) is 6.76. The van der Waals surface area contributed by atoms with E-state index in [1.807, 2.05) is 20.8 Å². The van der Waals surface area contributed by atoms with Gasteiger partial charge in [0, 0.05) is 18.3 Å². The Balaban J connectivity index is 2.45. The number of rotatable bonds is 3. The predicted octanol–water partition coefficient (Wildman–Crippen LogP) is 2.45. The Bertz CT molecular complexity index is 558. The molecule has 2 N–H and O–H groups in total. The first-order chi connectivity index (χ1) is 8.87. The van der Waals surface area contributed by atoms with Gasteiger partial charge in [-0.2, -0.15) is 4.31 Å². The van der Waals surface area contributed by atoms with Gasteiger partial charge < -0.3 is 5.73 Å². The molecule has 1 aromatic carbocycles. The van der Waals surface area contributed by atoms with E-state index in [9.17, 15) is 8.42 Å². The van der Waals surface area contributed by atoms with Crippen molar-refractivity contribution in [1.82, 2.24) is 4.31 Å². The fraction of sp³-hybridized carbons (Fsp3) is 0.571. The van der Waals surface area contributed by atoms with Gasteiger partial charge in [-0.15, -0.1) is 0 Å². The monoisotopic (exact) mass is 282 g/mol. The predicted molar refractivity (Wildman–Crippen MR) is 77.5 cm³/mol. The second-order valence-electron chi connectivity index (χ2n) is 5.27. The van der Waals surface area contributed by atoms with E-state index in [4.69, 9.17) is 5.73 Å². The van der Waals surface area contributed by atoms with Crippen molar-refractivity contribution >= 4 is 15.7 Å². The largest absolute Gasteiger partial charge is 0.398 e. The average molecular weight is 282 g/mol. The molecule has 1 saturated heterocycles. The van der Waals surface area contributed by atoms with E-state index >= 15 is 0 Å². The van der Waals surface area contributed by atoms with Crippen LogP contribution >= 0.6 is 0 Å². The van der Waals surface area contributed by atoms with Gasteiger partial charge in [-0.25, -0.2) is 8.42 Å². The summed E-state index contributed by atoms with van der Waals surface area (Å²) in [5.74, 6) is 0. The number of sulfonamides is 1. The number of aryl methyl sites for hydroxylation is 1. The molecule has 1 aliphatic heterocycles. The van der Waals surface area contributed by atoms with Gasteiger partial charge in [-0.1, -0.05) is 6.92 Å². The molecule has 106 valence electrons. The lowest BCUT2D eigenvalue weighted by atomic mass is 10.1. The van der Waals surface area contributed by atoms with Crippen molar-refractivity contribution in [3.63, 3.8) is 0 Å². The smallest absolute Gasteiger partial charge is 0.243 e. The van der Waals surface area contributed by atoms with Crippen LogP contribution in [0.1, 0.15) is 37.3 Å². The van der Waals surface area contributed by atoms with Crippen molar-refractivity contribution < 1.29 is 8.42 Å². The Morgan fingerprint density at radius 3 is 2.63 bits per heavy atom. The molecule has 2 rings (SSSR count). The zero-order valence-electron chi connectivity index (χ0n) is 11.8. The first-order valence-corrected chi connectivity index (χ1v) is 8.20. The molecule has 1 aromatic rings. The van der Waals surface area contributed by atoms with E-state index in [1.165, 1.54) is 0 Å². The molecule has 4 nitrogen and oxygen atoms in total. The van der Waals surface area contributed by atoms with Gasteiger partial charge in [0.1, 0.15) is 0 Å². The first kappa shape index (κ1) is 14.3. The van der Waals surface area contributed by atoms with Crippen LogP contribution in [0.3, 0.4) is 0 Å². The summed E-state index contributed by atoms with van der Waals surface area (Å²) < 4.78 is 27.0. The third-order valence-electron chi connectivity index (χ3n) is 4.08. The van der Waals surface area contributed by atoms with Gasteiger partial charge in [-0.05, 0) is 56.4 Å². The fourth-order valence-corrected chi connectivity index (χ4v) is 4.56. The summed E-state index contributed by atoms with van der Waals surface area (Å²) in [5, 5.41) is 0. The summed E-state index contributed by atoms with van der Waals surface area (Å²) in [6.45, 7) is 6.46. The Morgan fingerprint density at radius 2 is 2.05 bits per heavy atom. The van der Waals surface area contributed by atoms with Gasteiger partial charge in [0.05, 0.1) is 4.90 Å². The Kier molecular flexibility index (Phi) is 3.87. The quantitative estimate of drug-likeness (QED) is 0.866. The lowest BCUT2D eigenvalue weighted by Crippen LogP contribution is -2.35. The van der Waals surface area contributed by atoms with Crippen molar-refractivity contribution in [1.29, 1.82) is 0 Å². The third kappa shape index (κ3) is 2.49. The highest BCUT2D eigenvalue weighted by Gasteiger charge is 2.34. The molecule has 0 aromatic heterocycles. The molecule has 0 aliphatic carbocycles. The Labute approximate surface area is 115 Å². The highest BCUT2D eigenvalue weighted by molar-refractivity contribution is 7.89. The molecule has 0 spiro atoms. The normalized spacial score (nSPS) is 20.9. The number of hydrogen-bond donors (Lipinski definition) is 1. The molecule has 1 fully saturated rings. The van der Waals surface area contributed by atoms with Crippen LogP contribution in [0.5, 0.6) is 0 Å². The molecule has 0 radical (unpaired) electrons. The van der Waals surface area contributed by atoms with Gasteiger partial charge in [0.15, 0.2) is 0 Å². The molecule has 1 heterocycles. The maximum absolute atomic E-state index is 12.7. The van der Waals surface area contributed by atoms with Crippen molar-refractivity contribution in [2.45, 2.75) is 51.0 Å². The SMILES string of the molecule is CCC1CCCN1S(=O)(=O)c1cc(C)c(C)c(N)c1. The van der Waals surface area contributed by atoms with Gasteiger partial charge in [0.2, 0.25) is 10.0 Å². The lowest BCUT2D eigenvalue weighted by molar-refractivity contribution is 0.379. The fourth-order valence-electron chi connectivity index (χ4n) is 2.67. The summed E-state index contributed by atoms with van der Waals surface area (Å²) in [6.07, 6.45) is 2.76. The van der Waals surface area contributed by atoms with E-state index in [1.54, 1.807) is 16.4 Å². The number of nitrogen functional groups attached to an aromatic ring is 1. The number of nitrogens with zero attached hydrogens (tertiary/aromatic N) is 1. The van der Waals surface area contributed by atoms with Crippen LogP contribution in [0, 0.1) is 13.8 Å². The molecule has 0 amide bonds. The van der Waals surface area contributed by atoms with Gasteiger partial charge in [0.25, 0.3) is 0 Å². The second-order valence-corrected chi connectivity index (χ2v) is 7.17. The van der Waals surface area contributed by atoms with Crippen LogP contribution < -0.4 is 5.73 Å². The molecule has 5 heteroatoms. The third-order valence-corrected chi connectivity index (χ3v) is 6.01. The second kappa shape index (κ2) is 5.13. The van der Waals surface area contributed by atoms with Crippen molar-refractivity contribution in [2.24, 2.45) is 0 Å². The standard InChI is InChI=1S/C14H22N2O2S/c1-4-12-6-5-7-16(12)19(17,18)13-8-10(2)11(3)14(15)9-13/h8-9,12H,4-7,15H2,1-3H3. The Morgan fingerprint density at radius 1 is 1.37 bits per heavy atom. The van der Waals surface area contributed by atoms with Gasteiger partial charge >= 0.3 is 0 Å². The van der Waals surface area contributed by atoms with Crippen LogP contribution in [0.15, 0.2) is 17.0 Å². The van der Waals surface area contributed by atoms with Crippen LogP contribution in [0.2, 0.25) is 0 Å². The minimum Gasteiger partial charge on any atom is -0.398 e. The maximum Gasteiger partial charge on any atom is 0.243 e. The summed E-state index contributed by atoms with van der Waals surface area (Å²) in [7, 11) is -3.41. The highest BCUT2D eigenvalue weighted by Crippen LogP contribution is 2.30. The summed E-state index contributed by atoms with van der Waals surface area (Å²) in [6, 6.07) is 3.45. The molecule has 1 atom stereocenters. The number of nitrogens with two attached hydrogens (primary N) is 1. The number of hydrogen-bond acceptors (Lipinski definition) is 3. The van der Waals surface area contributed by atoms with Crippen LogP contribution in [-0.2, 0) is 10.0 Å². The van der Waals surface area contributed by atoms with Crippen molar-refractivity contribution in [3.05, 3.63) is 23.3 Å². The molecule has 0 bridgehead atoms. The minimum absolute atomic E-state index is 0.132. The van der Waals surface area contributed by atoms with Crippen LogP contribution in [0.25, 0.3) is 0 Å². The highest BCUT2D eigenvalue weighted by atomic mass is 32.2. The van der Waals surface area contributed by atoms with E-state index in [0.717, 1.165) is 30.4 Å². The van der Waals surface area contributed by atoms with E-state index in [-0.39, 0.29) is 6.04 Å². The average Bonchev–Trinajstić information content (AvgIpc) is 2.84. The summed E-state index contributed by atoms with van der Waals surface area (Å²) >= 11 is 0.